The molecule has 0 spiro atoms. The minimum Gasteiger partial charge on any atom is -0.497 e. The van der Waals surface area contributed by atoms with E-state index >= 15 is 0 Å². The third-order valence-electron chi connectivity index (χ3n) is 5.78. The number of hydrogen-bond acceptors (Lipinski definition) is 6. The zero-order chi connectivity index (χ0) is 34.4. The Labute approximate surface area is 268 Å². The Hall–Kier alpha value is -3.79. The number of nitrogens with one attached hydrogen (secondary N) is 3. The van der Waals surface area contributed by atoms with E-state index in [0.29, 0.717) is 32.5 Å². The van der Waals surface area contributed by atoms with Gasteiger partial charge in [0.05, 0.1) is 24.5 Å². The highest BCUT2D eigenvalue weighted by Gasteiger charge is 2.27. The van der Waals surface area contributed by atoms with Gasteiger partial charge in [-0.25, -0.2) is 8.42 Å². The second-order valence-corrected chi connectivity index (χ2v) is 11.9. The van der Waals surface area contributed by atoms with Crippen LogP contribution in [0.4, 0.5) is 0 Å². The van der Waals surface area contributed by atoms with Gasteiger partial charge in [0.2, 0.25) is 11.8 Å². The number of aryl methyl sites for hydroxylation is 1. The van der Waals surface area contributed by atoms with Crippen molar-refractivity contribution in [1.82, 2.24) is 16.0 Å². The molecule has 1 atom stereocenters. The molecule has 0 fully saturated rings. The van der Waals surface area contributed by atoms with Gasteiger partial charge in [0.1, 0.15) is 5.75 Å². The number of rotatable bonds is 15. The van der Waals surface area contributed by atoms with Crippen molar-refractivity contribution in [3.05, 3.63) is 65.7 Å². The first-order valence-corrected chi connectivity index (χ1v) is 16.6. The van der Waals surface area contributed by atoms with Crippen LogP contribution >= 0.6 is 0 Å². The SMILES string of the molecule is C#C.C#C.CC.CNC(=O)CC(CS(=O)(=O)CCC(C)C)C(=O)NCCCNCc1cccc(OC)c1.Cc1ccccc1. The number of sulfone groups is 1. The summed E-state index contributed by atoms with van der Waals surface area (Å²) in [7, 11) is -0.316. The van der Waals surface area contributed by atoms with Gasteiger partial charge in [-0.3, -0.25) is 9.59 Å². The number of amides is 2. The minimum absolute atomic E-state index is 0.0242. The number of methoxy groups -OCH3 is 1. The van der Waals surface area contributed by atoms with Crippen LogP contribution in [0.2, 0.25) is 0 Å². The largest absolute Gasteiger partial charge is 0.497 e. The molecule has 0 saturated carbocycles. The number of benzene rings is 2. The Morgan fingerprint density at radius 1 is 0.932 bits per heavy atom. The molecule has 2 aromatic rings. The smallest absolute Gasteiger partial charge is 0.224 e. The summed E-state index contributed by atoms with van der Waals surface area (Å²) >= 11 is 0. The van der Waals surface area contributed by atoms with Gasteiger partial charge < -0.3 is 20.7 Å². The van der Waals surface area contributed by atoms with Gasteiger partial charge in [-0.05, 0) is 49.9 Å². The normalized spacial score (nSPS) is 10.4. The first kappa shape index (κ1) is 44.6. The predicted molar refractivity (Wildman–Crippen MR) is 185 cm³/mol. The number of hydrogen-bond donors (Lipinski definition) is 3. The van der Waals surface area contributed by atoms with Crippen LogP contribution in [0.1, 0.15) is 58.1 Å². The molecule has 8 nitrogen and oxygen atoms in total. The fourth-order valence-corrected chi connectivity index (χ4v) is 5.36. The molecule has 2 amide bonds. The lowest BCUT2D eigenvalue weighted by Crippen LogP contribution is -2.39. The van der Waals surface area contributed by atoms with Gasteiger partial charge >= 0.3 is 0 Å². The molecule has 246 valence electrons. The van der Waals surface area contributed by atoms with Crippen molar-refractivity contribution >= 4 is 21.7 Å². The van der Waals surface area contributed by atoms with E-state index in [2.05, 4.69) is 60.7 Å². The number of carbonyl (C=O) groups is 2. The van der Waals surface area contributed by atoms with E-state index in [1.54, 1.807) is 7.11 Å². The van der Waals surface area contributed by atoms with Crippen LogP contribution in [-0.4, -0.2) is 59.0 Å². The second-order valence-electron chi connectivity index (χ2n) is 9.70. The molecule has 1 unspecified atom stereocenters. The highest BCUT2D eigenvalue weighted by Crippen LogP contribution is 2.13. The van der Waals surface area contributed by atoms with Crippen LogP contribution in [-0.2, 0) is 26.0 Å². The standard InChI is InChI=1S/C22H37N3O5S.C7H8.C2H6.2C2H2/c1-17(2)9-12-31(28,29)16-19(14-21(26)23-3)22(27)25-11-6-10-24-15-18-7-5-8-20(13-18)30-4;1-7-5-3-2-4-6-7;3*1-2/h5,7-8,13,17,19,24H,6,9-12,14-16H2,1-4H3,(H,23,26)(H,25,27);2-6H,1H3;1-2H3;2*1-2H. The topological polar surface area (TPSA) is 114 Å². The fraction of sp³-hybridized carbons (Fsp3) is 0.486. The van der Waals surface area contributed by atoms with E-state index in [1.165, 1.54) is 12.6 Å². The molecule has 0 radical (unpaired) electrons. The maximum Gasteiger partial charge on any atom is 0.224 e. The summed E-state index contributed by atoms with van der Waals surface area (Å²) in [6, 6.07) is 18.0. The minimum atomic E-state index is -3.41. The second kappa shape index (κ2) is 29.3. The summed E-state index contributed by atoms with van der Waals surface area (Å²) in [5, 5.41) is 8.53. The van der Waals surface area contributed by atoms with Gasteiger partial charge in [-0.1, -0.05) is 75.7 Å². The van der Waals surface area contributed by atoms with Gasteiger partial charge in [0.15, 0.2) is 9.84 Å². The number of carbonyl (C=O) groups excluding carboxylic acids is 2. The average Bonchev–Trinajstić information content (AvgIpc) is 3.04. The Bertz CT molecular complexity index is 1140. The molecule has 0 aliphatic heterocycles. The van der Waals surface area contributed by atoms with Crippen molar-refractivity contribution in [2.45, 2.75) is 60.4 Å². The maximum absolute atomic E-state index is 12.5. The lowest BCUT2D eigenvalue weighted by Gasteiger charge is -2.17. The molecule has 0 aliphatic rings. The van der Waals surface area contributed by atoms with Crippen LogP contribution < -0.4 is 20.7 Å². The Morgan fingerprint density at radius 2 is 1.55 bits per heavy atom. The molecule has 2 rings (SSSR count). The summed E-state index contributed by atoms with van der Waals surface area (Å²) in [6.07, 6.45) is 17.1. The highest BCUT2D eigenvalue weighted by molar-refractivity contribution is 7.91. The van der Waals surface area contributed by atoms with Crippen molar-refractivity contribution in [3.63, 3.8) is 0 Å². The van der Waals surface area contributed by atoms with Crippen molar-refractivity contribution in [1.29, 1.82) is 0 Å². The van der Waals surface area contributed by atoms with Gasteiger partial charge in [0.25, 0.3) is 0 Å². The van der Waals surface area contributed by atoms with E-state index < -0.39 is 21.7 Å². The Kier molecular flexibility index (Phi) is 29.7. The summed E-state index contributed by atoms with van der Waals surface area (Å²) in [5.41, 5.74) is 2.42. The van der Waals surface area contributed by atoms with Crippen molar-refractivity contribution in [2.24, 2.45) is 11.8 Å². The molecule has 0 aromatic heterocycles. The number of ether oxygens (including phenoxy) is 1. The molecule has 0 aliphatic carbocycles. The number of terminal acetylenes is 2. The summed E-state index contributed by atoms with van der Waals surface area (Å²) in [4.78, 5) is 24.3. The molecule has 9 heteroatoms. The maximum atomic E-state index is 12.5. The van der Waals surface area contributed by atoms with E-state index in [4.69, 9.17) is 4.74 Å². The summed E-state index contributed by atoms with van der Waals surface area (Å²) in [6.45, 7) is 11.8. The van der Waals surface area contributed by atoms with E-state index in [0.717, 1.165) is 11.3 Å². The van der Waals surface area contributed by atoms with Crippen molar-refractivity contribution < 1.29 is 22.7 Å². The lowest BCUT2D eigenvalue weighted by atomic mass is 10.1. The fourth-order valence-electron chi connectivity index (χ4n) is 3.48. The Balaban J connectivity index is -0.00000108. The van der Waals surface area contributed by atoms with Crippen LogP contribution in [0.25, 0.3) is 0 Å². The van der Waals surface area contributed by atoms with Crippen molar-refractivity contribution in [3.8, 4) is 31.4 Å². The van der Waals surface area contributed by atoms with E-state index in [9.17, 15) is 18.0 Å². The van der Waals surface area contributed by atoms with Gasteiger partial charge in [-0.2, -0.15) is 0 Å². The molecule has 0 heterocycles. The van der Waals surface area contributed by atoms with Crippen LogP contribution in [0.5, 0.6) is 5.75 Å². The quantitative estimate of drug-likeness (QED) is 0.188. The molecule has 3 N–H and O–H groups in total. The Morgan fingerprint density at radius 3 is 2.05 bits per heavy atom. The third kappa shape index (κ3) is 24.8. The lowest BCUT2D eigenvalue weighted by molar-refractivity contribution is -0.129. The first-order chi connectivity index (χ1) is 21.1. The first-order valence-electron chi connectivity index (χ1n) is 14.8. The third-order valence-corrected chi connectivity index (χ3v) is 7.54. The van der Waals surface area contributed by atoms with Crippen LogP contribution in [0.15, 0.2) is 54.6 Å². The monoisotopic (exact) mass is 629 g/mol. The molecular formula is C35H55N3O5S. The molecule has 0 saturated heterocycles. The van der Waals surface area contributed by atoms with E-state index in [-0.39, 0.29) is 29.8 Å². The molecule has 44 heavy (non-hydrogen) atoms. The predicted octanol–water partition coefficient (Wildman–Crippen LogP) is 5.02. The summed E-state index contributed by atoms with van der Waals surface area (Å²) in [5.74, 6) is -0.864. The van der Waals surface area contributed by atoms with Crippen molar-refractivity contribution in [2.75, 3.05) is 38.8 Å². The molecular weight excluding hydrogens is 574 g/mol. The van der Waals surface area contributed by atoms with Crippen LogP contribution in [0.3, 0.4) is 0 Å². The van der Waals surface area contributed by atoms with Crippen LogP contribution in [0, 0.1) is 44.5 Å². The average molecular weight is 630 g/mol. The molecule has 0 bridgehead atoms. The zero-order valence-electron chi connectivity index (χ0n) is 27.8. The highest BCUT2D eigenvalue weighted by atomic mass is 32.2. The summed E-state index contributed by atoms with van der Waals surface area (Å²) < 4.78 is 30.0. The molecule has 2 aromatic carbocycles. The van der Waals surface area contributed by atoms with Gasteiger partial charge in [0, 0.05) is 26.6 Å². The van der Waals surface area contributed by atoms with Gasteiger partial charge in [-0.15, -0.1) is 25.7 Å². The van der Waals surface area contributed by atoms with E-state index in [1.807, 2.05) is 70.2 Å². The zero-order valence-corrected chi connectivity index (χ0v) is 28.6.